The Kier molecular flexibility index (Phi) is 8.76. The maximum Gasteiger partial charge on any atom is 0.293 e. The lowest BCUT2D eigenvalue weighted by Crippen LogP contribution is -2.32. The van der Waals surface area contributed by atoms with Crippen molar-refractivity contribution < 1.29 is 28.6 Å². The number of ether oxygens (including phenoxy) is 3. The van der Waals surface area contributed by atoms with E-state index in [0.717, 1.165) is 22.5 Å². The number of fused-ring (bicyclic) bond motifs is 1. The standard InChI is InChI=1S/C31H25ClN2O6S/c1-38-27-17-20(9-14-26(27)40-19-29(35)33-23-12-10-22(32)11-13-23)18-28-30(36)34(31(37)41-28)15-16-39-25-8-4-6-21-5-2-3-7-24(21)25/h2-14,17-18H,15-16,19H2,1H3,(H,33,35)/b28-18-. The Morgan fingerprint density at radius 3 is 2.51 bits per heavy atom. The Labute approximate surface area is 245 Å². The van der Waals surface area contributed by atoms with Gasteiger partial charge in [0.15, 0.2) is 18.1 Å². The summed E-state index contributed by atoms with van der Waals surface area (Å²) < 4.78 is 17.0. The molecule has 41 heavy (non-hydrogen) atoms. The van der Waals surface area contributed by atoms with Gasteiger partial charge in [-0.1, -0.05) is 54.1 Å². The summed E-state index contributed by atoms with van der Waals surface area (Å²) in [5.74, 6) is 0.689. The molecule has 0 unspecified atom stereocenters. The van der Waals surface area contributed by atoms with Crippen LogP contribution in [-0.2, 0) is 9.59 Å². The van der Waals surface area contributed by atoms with Gasteiger partial charge in [-0.05, 0) is 71.3 Å². The van der Waals surface area contributed by atoms with Gasteiger partial charge in [-0.2, -0.15) is 0 Å². The Morgan fingerprint density at radius 2 is 1.71 bits per heavy atom. The van der Waals surface area contributed by atoms with Gasteiger partial charge >= 0.3 is 0 Å². The Morgan fingerprint density at radius 1 is 0.927 bits per heavy atom. The second kappa shape index (κ2) is 12.8. The molecule has 1 fully saturated rings. The van der Waals surface area contributed by atoms with Crippen LogP contribution in [0.1, 0.15) is 5.56 Å². The van der Waals surface area contributed by atoms with E-state index in [-0.39, 0.29) is 36.8 Å². The zero-order valence-corrected chi connectivity index (χ0v) is 23.5. The zero-order valence-electron chi connectivity index (χ0n) is 22.0. The topological polar surface area (TPSA) is 94.2 Å². The first kappa shape index (κ1) is 28.1. The van der Waals surface area contributed by atoms with Gasteiger partial charge in [0.2, 0.25) is 0 Å². The number of nitrogens with one attached hydrogen (secondary N) is 1. The quantitative estimate of drug-likeness (QED) is 0.208. The molecule has 208 valence electrons. The van der Waals surface area contributed by atoms with E-state index in [2.05, 4.69) is 5.32 Å². The van der Waals surface area contributed by atoms with Crippen molar-refractivity contribution in [1.29, 1.82) is 0 Å². The summed E-state index contributed by atoms with van der Waals surface area (Å²) in [6, 6.07) is 25.4. The lowest BCUT2D eigenvalue weighted by Gasteiger charge is -2.14. The molecule has 10 heteroatoms. The molecule has 0 radical (unpaired) electrons. The van der Waals surface area contributed by atoms with Crippen molar-refractivity contribution in [2.75, 3.05) is 32.2 Å². The monoisotopic (exact) mass is 588 g/mol. The number of carbonyl (C=O) groups excluding carboxylic acids is 3. The number of amides is 3. The van der Waals surface area contributed by atoms with Crippen LogP contribution in [0, 0.1) is 0 Å². The van der Waals surface area contributed by atoms with Crippen molar-refractivity contribution in [3.05, 3.63) is 100 Å². The van der Waals surface area contributed by atoms with Crippen LogP contribution in [0.3, 0.4) is 0 Å². The van der Waals surface area contributed by atoms with Crippen LogP contribution in [0.5, 0.6) is 17.2 Å². The molecule has 0 saturated carbocycles. The van der Waals surface area contributed by atoms with E-state index in [1.807, 2.05) is 42.5 Å². The van der Waals surface area contributed by atoms with Crippen molar-refractivity contribution in [2.24, 2.45) is 0 Å². The summed E-state index contributed by atoms with van der Waals surface area (Å²) in [5, 5.41) is 4.95. The molecular formula is C31H25ClN2O6S. The summed E-state index contributed by atoms with van der Waals surface area (Å²) in [6.45, 7) is 0.0578. The zero-order chi connectivity index (χ0) is 28.8. The average Bonchev–Trinajstić information content (AvgIpc) is 3.25. The minimum atomic E-state index is -0.389. The van der Waals surface area contributed by atoms with Crippen molar-refractivity contribution >= 4 is 63.0 Å². The third kappa shape index (κ3) is 6.82. The predicted molar refractivity (Wildman–Crippen MR) is 161 cm³/mol. The number of hydrogen-bond acceptors (Lipinski definition) is 7. The maximum absolute atomic E-state index is 13.0. The van der Waals surface area contributed by atoms with Crippen LogP contribution in [0.15, 0.2) is 89.8 Å². The summed E-state index contributed by atoms with van der Waals surface area (Å²) in [5.41, 5.74) is 1.23. The van der Waals surface area contributed by atoms with Gasteiger partial charge in [0, 0.05) is 16.1 Å². The highest BCUT2D eigenvalue weighted by atomic mass is 35.5. The summed E-state index contributed by atoms with van der Waals surface area (Å²) >= 11 is 6.74. The van der Waals surface area contributed by atoms with Crippen molar-refractivity contribution in [3.8, 4) is 17.2 Å². The molecule has 0 aliphatic carbocycles. The first-order valence-corrected chi connectivity index (χ1v) is 13.8. The molecule has 0 aromatic heterocycles. The number of methoxy groups -OCH3 is 1. The van der Waals surface area contributed by atoms with Gasteiger partial charge in [-0.3, -0.25) is 19.3 Å². The van der Waals surface area contributed by atoms with E-state index >= 15 is 0 Å². The molecule has 1 heterocycles. The second-order valence-corrected chi connectivity index (χ2v) is 10.3. The highest BCUT2D eigenvalue weighted by molar-refractivity contribution is 8.18. The average molecular weight is 589 g/mol. The lowest BCUT2D eigenvalue weighted by atomic mass is 10.1. The van der Waals surface area contributed by atoms with Crippen LogP contribution < -0.4 is 19.5 Å². The number of nitrogens with zero attached hydrogens (tertiary/aromatic N) is 1. The van der Waals surface area contributed by atoms with Gasteiger partial charge in [0.05, 0.1) is 18.6 Å². The summed E-state index contributed by atoms with van der Waals surface area (Å²) in [7, 11) is 1.48. The minimum Gasteiger partial charge on any atom is -0.493 e. The summed E-state index contributed by atoms with van der Waals surface area (Å²) in [4.78, 5) is 39.3. The number of rotatable bonds is 10. The third-order valence-corrected chi connectivity index (χ3v) is 7.33. The molecule has 0 spiro atoms. The van der Waals surface area contributed by atoms with Crippen LogP contribution in [-0.4, -0.2) is 48.8 Å². The summed E-state index contributed by atoms with van der Waals surface area (Å²) in [6.07, 6.45) is 1.62. The van der Waals surface area contributed by atoms with E-state index in [0.29, 0.717) is 38.4 Å². The fraction of sp³-hybridized carbons (Fsp3) is 0.129. The number of imide groups is 1. The van der Waals surface area contributed by atoms with Crippen LogP contribution in [0.25, 0.3) is 16.8 Å². The van der Waals surface area contributed by atoms with Crippen molar-refractivity contribution in [2.45, 2.75) is 0 Å². The van der Waals surface area contributed by atoms with Gasteiger partial charge in [-0.25, -0.2) is 0 Å². The molecular weight excluding hydrogens is 564 g/mol. The Bertz CT molecular complexity index is 1630. The molecule has 0 atom stereocenters. The van der Waals surface area contributed by atoms with Crippen molar-refractivity contribution in [1.82, 2.24) is 4.90 Å². The Hall–Kier alpha value is -4.47. The maximum atomic E-state index is 13.0. The molecule has 3 amide bonds. The number of halogens is 1. The van der Waals surface area contributed by atoms with Crippen LogP contribution in [0.2, 0.25) is 5.02 Å². The largest absolute Gasteiger partial charge is 0.493 e. The Balaban J connectivity index is 1.19. The highest BCUT2D eigenvalue weighted by Crippen LogP contribution is 2.35. The molecule has 8 nitrogen and oxygen atoms in total. The first-order chi connectivity index (χ1) is 19.9. The lowest BCUT2D eigenvalue weighted by molar-refractivity contribution is -0.123. The fourth-order valence-electron chi connectivity index (χ4n) is 4.18. The third-order valence-electron chi connectivity index (χ3n) is 6.17. The van der Waals surface area contributed by atoms with E-state index in [1.54, 1.807) is 48.5 Å². The van der Waals surface area contributed by atoms with E-state index in [4.69, 9.17) is 25.8 Å². The molecule has 1 saturated heterocycles. The van der Waals surface area contributed by atoms with Gasteiger partial charge < -0.3 is 19.5 Å². The minimum absolute atomic E-state index is 0.124. The SMILES string of the molecule is COc1cc(/C=C2\SC(=O)N(CCOc3cccc4ccccc34)C2=O)ccc1OCC(=O)Nc1ccc(Cl)cc1. The number of hydrogen-bond donors (Lipinski definition) is 1. The highest BCUT2D eigenvalue weighted by Gasteiger charge is 2.34. The first-order valence-electron chi connectivity index (χ1n) is 12.6. The number of anilines is 1. The van der Waals surface area contributed by atoms with E-state index in [9.17, 15) is 14.4 Å². The van der Waals surface area contributed by atoms with Gasteiger partial charge in [0.25, 0.3) is 17.1 Å². The molecule has 1 aliphatic heterocycles. The molecule has 5 rings (SSSR count). The second-order valence-electron chi connectivity index (χ2n) is 8.91. The van der Waals surface area contributed by atoms with Gasteiger partial charge in [0.1, 0.15) is 12.4 Å². The molecule has 1 N–H and O–H groups in total. The molecule has 4 aromatic carbocycles. The molecule has 0 bridgehead atoms. The van der Waals surface area contributed by atoms with Crippen LogP contribution >= 0.6 is 23.4 Å². The normalized spacial score (nSPS) is 14.0. The van der Waals surface area contributed by atoms with Crippen LogP contribution in [0.4, 0.5) is 10.5 Å². The van der Waals surface area contributed by atoms with Crippen molar-refractivity contribution in [3.63, 3.8) is 0 Å². The molecule has 4 aromatic rings. The number of thioether (sulfide) groups is 1. The predicted octanol–water partition coefficient (Wildman–Crippen LogP) is 6.63. The molecule has 1 aliphatic rings. The number of carbonyl (C=O) groups is 3. The fourth-order valence-corrected chi connectivity index (χ4v) is 5.17. The van der Waals surface area contributed by atoms with Gasteiger partial charge in [-0.15, -0.1) is 0 Å². The van der Waals surface area contributed by atoms with E-state index in [1.165, 1.54) is 12.0 Å². The number of benzene rings is 4. The van der Waals surface area contributed by atoms with E-state index < -0.39 is 0 Å². The smallest absolute Gasteiger partial charge is 0.293 e.